The summed E-state index contributed by atoms with van der Waals surface area (Å²) in [6.07, 6.45) is -1.76. The van der Waals surface area contributed by atoms with Crippen molar-refractivity contribution in [2.75, 3.05) is 0 Å². The van der Waals surface area contributed by atoms with Gasteiger partial charge in [-0.3, -0.25) is 9.59 Å². The van der Waals surface area contributed by atoms with Gasteiger partial charge in [-0.05, 0) is 12.1 Å². The van der Waals surface area contributed by atoms with Crippen LogP contribution in [-0.2, 0) is 0 Å². The van der Waals surface area contributed by atoms with Crippen LogP contribution < -0.4 is 0 Å². The molecule has 3 nitrogen and oxygen atoms in total. The fourth-order valence-corrected chi connectivity index (χ4v) is 2.17. The van der Waals surface area contributed by atoms with Gasteiger partial charge in [-0.25, -0.2) is 9.29 Å². The standard InChI is InChI=1S/C15H10FNO2.C2H6/c16-13(10-6-2-1-3-7-10)17-14(18)11-8-4-5-9-12(11)15(17)19;1-2/h1-9,13H;1-2H3. The van der Waals surface area contributed by atoms with Gasteiger partial charge in [0.1, 0.15) is 0 Å². The molecule has 0 N–H and O–H groups in total. The first kappa shape index (κ1) is 14.9. The predicted octanol–water partition coefficient (Wildman–Crippen LogP) is 3.98. The lowest BCUT2D eigenvalue weighted by Gasteiger charge is -2.19. The summed E-state index contributed by atoms with van der Waals surface area (Å²) in [7, 11) is 0. The molecule has 0 fully saturated rings. The molecule has 0 aromatic heterocycles. The Morgan fingerprint density at radius 1 is 0.810 bits per heavy atom. The molecule has 1 aliphatic heterocycles. The van der Waals surface area contributed by atoms with E-state index in [0.29, 0.717) is 4.90 Å². The molecule has 0 saturated carbocycles. The number of hydrogen-bond acceptors (Lipinski definition) is 2. The summed E-state index contributed by atoms with van der Waals surface area (Å²) in [4.78, 5) is 24.8. The van der Waals surface area contributed by atoms with Gasteiger partial charge in [-0.1, -0.05) is 56.3 Å². The van der Waals surface area contributed by atoms with E-state index < -0.39 is 18.1 Å². The first-order chi connectivity index (χ1) is 10.2. The second-order valence-corrected chi connectivity index (χ2v) is 4.27. The van der Waals surface area contributed by atoms with Crippen LogP contribution in [0.25, 0.3) is 0 Å². The lowest BCUT2D eigenvalue weighted by Crippen LogP contribution is -2.31. The average Bonchev–Trinajstić information content (AvgIpc) is 2.81. The maximum atomic E-state index is 14.4. The molecule has 1 heterocycles. The van der Waals surface area contributed by atoms with Gasteiger partial charge in [-0.2, -0.15) is 0 Å². The Morgan fingerprint density at radius 3 is 1.71 bits per heavy atom. The number of halogens is 1. The van der Waals surface area contributed by atoms with E-state index in [4.69, 9.17) is 0 Å². The highest BCUT2D eigenvalue weighted by molar-refractivity contribution is 6.21. The number of carbonyl (C=O) groups excluding carboxylic acids is 2. The highest BCUT2D eigenvalue weighted by Crippen LogP contribution is 2.31. The lowest BCUT2D eigenvalue weighted by atomic mass is 10.1. The number of alkyl halides is 1. The van der Waals surface area contributed by atoms with E-state index >= 15 is 0 Å². The summed E-state index contributed by atoms with van der Waals surface area (Å²) < 4.78 is 14.4. The van der Waals surface area contributed by atoms with Crippen molar-refractivity contribution in [3.05, 3.63) is 71.3 Å². The summed E-state index contributed by atoms with van der Waals surface area (Å²) in [5.74, 6) is -1.17. The van der Waals surface area contributed by atoms with Gasteiger partial charge in [0.25, 0.3) is 11.8 Å². The molecule has 2 aromatic carbocycles. The second-order valence-electron chi connectivity index (χ2n) is 4.27. The molecule has 108 valence electrons. The first-order valence-corrected chi connectivity index (χ1v) is 6.86. The summed E-state index contributed by atoms with van der Waals surface area (Å²) in [6, 6.07) is 14.6. The van der Waals surface area contributed by atoms with E-state index in [0.717, 1.165) is 0 Å². The fraction of sp³-hybridized carbons (Fsp3) is 0.176. The van der Waals surface area contributed by atoms with Gasteiger partial charge in [0.2, 0.25) is 6.30 Å². The monoisotopic (exact) mass is 285 g/mol. The quantitative estimate of drug-likeness (QED) is 0.618. The Kier molecular flexibility index (Phi) is 4.48. The minimum Gasteiger partial charge on any atom is -0.268 e. The van der Waals surface area contributed by atoms with Crippen molar-refractivity contribution < 1.29 is 14.0 Å². The molecule has 2 aromatic rings. The number of imide groups is 1. The zero-order valence-corrected chi connectivity index (χ0v) is 11.9. The van der Waals surface area contributed by atoms with Gasteiger partial charge < -0.3 is 0 Å². The van der Waals surface area contributed by atoms with E-state index in [9.17, 15) is 14.0 Å². The third-order valence-corrected chi connectivity index (χ3v) is 3.13. The van der Waals surface area contributed by atoms with Crippen LogP contribution in [0.3, 0.4) is 0 Å². The average molecular weight is 285 g/mol. The molecule has 1 unspecified atom stereocenters. The maximum absolute atomic E-state index is 14.4. The SMILES string of the molecule is CC.O=C1c2ccccc2C(=O)N1C(F)c1ccccc1. The molecule has 0 radical (unpaired) electrons. The number of amides is 2. The predicted molar refractivity (Wildman–Crippen MR) is 78.6 cm³/mol. The van der Waals surface area contributed by atoms with Crippen LogP contribution in [0.2, 0.25) is 0 Å². The van der Waals surface area contributed by atoms with Crippen molar-refractivity contribution >= 4 is 11.8 Å². The van der Waals surface area contributed by atoms with Crippen LogP contribution in [-0.4, -0.2) is 16.7 Å². The van der Waals surface area contributed by atoms with Gasteiger partial charge in [0, 0.05) is 5.56 Å². The van der Waals surface area contributed by atoms with Crippen LogP contribution in [0.4, 0.5) is 4.39 Å². The first-order valence-electron chi connectivity index (χ1n) is 6.86. The molecular formula is C17H16FNO2. The van der Waals surface area contributed by atoms with Crippen LogP contribution in [0, 0.1) is 0 Å². The molecule has 0 saturated heterocycles. The third-order valence-electron chi connectivity index (χ3n) is 3.13. The molecule has 4 heteroatoms. The topological polar surface area (TPSA) is 37.4 Å². The van der Waals surface area contributed by atoms with E-state index in [2.05, 4.69) is 0 Å². The Hall–Kier alpha value is -2.49. The number of carbonyl (C=O) groups is 2. The summed E-state index contributed by atoms with van der Waals surface area (Å²) in [5, 5.41) is 0. The zero-order chi connectivity index (χ0) is 15.4. The normalized spacial score (nSPS) is 14.3. The number of rotatable bonds is 2. The van der Waals surface area contributed by atoms with Gasteiger partial charge in [-0.15, -0.1) is 0 Å². The van der Waals surface area contributed by atoms with Gasteiger partial charge in [0.05, 0.1) is 11.1 Å². The molecule has 1 aliphatic rings. The number of benzene rings is 2. The van der Waals surface area contributed by atoms with Crippen LogP contribution in [0.5, 0.6) is 0 Å². The van der Waals surface area contributed by atoms with Gasteiger partial charge >= 0.3 is 0 Å². The molecular weight excluding hydrogens is 269 g/mol. The highest BCUT2D eigenvalue weighted by atomic mass is 19.1. The van der Waals surface area contributed by atoms with Crippen LogP contribution in [0.1, 0.15) is 46.4 Å². The lowest BCUT2D eigenvalue weighted by molar-refractivity contribution is 0.0414. The van der Waals surface area contributed by atoms with Crippen molar-refractivity contribution in [3.63, 3.8) is 0 Å². The van der Waals surface area contributed by atoms with E-state index in [1.165, 1.54) is 12.1 Å². The molecule has 2 amide bonds. The molecule has 0 aliphatic carbocycles. The summed E-state index contributed by atoms with van der Waals surface area (Å²) in [6.45, 7) is 4.00. The Morgan fingerprint density at radius 2 is 1.24 bits per heavy atom. The van der Waals surface area contributed by atoms with Crippen molar-refractivity contribution in [1.82, 2.24) is 4.90 Å². The third kappa shape index (κ3) is 2.57. The van der Waals surface area contributed by atoms with Crippen molar-refractivity contribution in [3.8, 4) is 0 Å². The van der Waals surface area contributed by atoms with Crippen molar-refractivity contribution in [2.45, 2.75) is 20.1 Å². The van der Waals surface area contributed by atoms with E-state index in [1.54, 1.807) is 42.5 Å². The number of hydrogen-bond donors (Lipinski definition) is 0. The van der Waals surface area contributed by atoms with E-state index in [1.807, 2.05) is 13.8 Å². The smallest absolute Gasteiger partial charge is 0.264 e. The van der Waals surface area contributed by atoms with Crippen molar-refractivity contribution in [1.29, 1.82) is 0 Å². The Bertz CT molecular complexity index is 620. The Balaban J connectivity index is 0.000000774. The van der Waals surface area contributed by atoms with Crippen LogP contribution >= 0.6 is 0 Å². The molecule has 0 spiro atoms. The highest BCUT2D eigenvalue weighted by Gasteiger charge is 2.40. The summed E-state index contributed by atoms with van der Waals surface area (Å²) >= 11 is 0. The minimum absolute atomic E-state index is 0.256. The largest absolute Gasteiger partial charge is 0.268 e. The minimum atomic E-state index is -1.76. The number of nitrogens with zero attached hydrogens (tertiary/aromatic N) is 1. The second kappa shape index (κ2) is 6.31. The zero-order valence-electron chi connectivity index (χ0n) is 11.9. The maximum Gasteiger partial charge on any atom is 0.264 e. The molecule has 21 heavy (non-hydrogen) atoms. The molecule has 0 bridgehead atoms. The molecule has 3 rings (SSSR count). The Labute approximate surface area is 123 Å². The molecule has 1 atom stereocenters. The fourth-order valence-electron chi connectivity index (χ4n) is 2.17. The van der Waals surface area contributed by atoms with Crippen molar-refractivity contribution in [2.24, 2.45) is 0 Å². The van der Waals surface area contributed by atoms with E-state index in [-0.39, 0.29) is 16.7 Å². The van der Waals surface area contributed by atoms with Crippen LogP contribution in [0.15, 0.2) is 54.6 Å². The summed E-state index contributed by atoms with van der Waals surface area (Å²) in [5.41, 5.74) is 0.800. The number of fused-ring (bicyclic) bond motifs is 1. The van der Waals surface area contributed by atoms with Gasteiger partial charge in [0.15, 0.2) is 0 Å².